The Balaban J connectivity index is 1.81. The summed E-state index contributed by atoms with van der Waals surface area (Å²) in [5.74, 6) is -1.37. The molecule has 19 heavy (non-hydrogen) atoms. The molecule has 0 bridgehead atoms. The number of amides is 2. The number of H-pyrrole nitrogens is 1. The summed E-state index contributed by atoms with van der Waals surface area (Å²) in [4.78, 5) is 24.2. The van der Waals surface area contributed by atoms with Crippen molar-refractivity contribution in [2.75, 3.05) is 7.05 Å². The smallest absolute Gasteiger partial charge is 0.317 e. The zero-order valence-corrected chi connectivity index (χ0v) is 10.5. The summed E-state index contributed by atoms with van der Waals surface area (Å²) in [5, 5.41) is 18.1. The van der Waals surface area contributed by atoms with Crippen molar-refractivity contribution in [1.29, 1.82) is 0 Å². The van der Waals surface area contributed by atoms with Gasteiger partial charge in [0, 0.05) is 18.8 Å². The molecule has 1 aliphatic carbocycles. The number of hydrogen-bond donors (Lipinski definition) is 3. The molecule has 102 valence electrons. The van der Waals surface area contributed by atoms with Gasteiger partial charge in [-0.2, -0.15) is 5.10 Å². The first-order valence-corrected chi connectivity index (χ1v) is 5.96. The third kappa shape index (κ3) is 3.34. The highest BCUT2D eigenvalue weighted by Gasteiger charge is 2.26. The maximum absolute atomic E-state index is 11.9. The number of aromatic amines is 1. The van der Waals surface area contributed by atoms with Gasteiger partial charge in [-0.1, -0.05) is 12.2 Å². The van der Waals surface area contributed by atoms with E-state index in [-0.39, 0.29) is 12.1 Å². The molecule has 3 N–H and O–H groups in total. The van der Waals surface area contributed by atoms with Crippen LogP contribution in [0, 0.1) is 5.92 Å². The van der Waals surface area contributed by atoms with Crippen molar-refractivity contribution in [3.8, 4) is 0 Å². The van der Waals surface area contributed by atoms with Crippen molar-refractivity contribution in [2.24, 2.45) is 5.92 Å². The van der Waals surface area contributed by atoms with Gasteiger partial charge in [0.15, 0.2) is 0 Å². The highest BCUT2D eigenvalue weighted by Crippen LogP contribution is 2.18. The Hall–Kier alpha value is -2.31. The van der Waals surface area contributed by atoms with Crippen LogP contribution < -0.4 is 5.32 Å². The first-order chi connectivity index (χ1) is 9.06. The molecule has 7 nitrogen and oxygen atoms in total. The Morgan fingerprint density at radius 1 is 1.58 bits per heavy atom. The van der Waals surface area contributed by atoms with Gasteiger partial charge >= 0.3 is 12.0 Å². The van der Waals surface area contributed by atoms with Crippen LogP contribution in [-0.2, 0) is 11.3 Å². The zero-order chi connectivity index (χ0) is 13.8. The molecule has 2 unspecified atom stereocenters. The Bertz CT molecular complexity index is 483. The van der Waals surface area contributed by atoms with Gasteiger partial charge in [0.2, 0.25) is 0 Å². The minimum atomic E-state index is -0.861. The summed E-state index contributed by atoms with van der Waals surface area (Å²) in [5.41, 5.74) is 0.906. The van der Waals surface area contributed by atoms with Crippen LogP contribution in [0.4, 0.5) is 4.79 Å². The number of urea groups is 1. The van der Waals surface area contributed by atoms with E-state index >= 15 is 0 Å². The van der Waals surface area contributed by atoms with Gasteiger partial charge in [-0.25, -0.2) is 4.79 Å². The predicted molar refractivity (Wildman–Crippen MR) is 67.3 cm³/mol. The molecule has 2 rings (SSSR count). The van der Waals surface area contributed by atoms with E-state index in [0.29, 0.717) is 13.0 Å². The number of nitrogens with one attached hydrogen (secondary N) is 2. The average molecular weight is 264 g/mol. The van der Waals surface area contributed by atoms with Crippen molar-refractivity contribution in [3.63, 3.8) is 0 Å². The topological polar surface area (TPSA) is 98.3 Å². The number of carbonyl (C=O) groups excluding carboxylic acids is 1. The minimum absolute atomic E-state index is 0.222. The molecule has 0 spiro atoms. The van der Waals surface area contributed by atoms with Crippen LogP contribution in [0.25, 0.3) is 0 Å². The second-order valence-corrected chi connectivity index (χ2v) is 4.58. The number of carboxylic acid groups (broad SMARTS) is 1. The fraction of sp³-hybridized carbons (Fsp3) is 0.417. The lowest BCUT2D eigenvalue weighted by Crippen LogP contribution is -2.41. The molecule has 1 heterocycles. The summed E-state index contributed by atoms with van der Waals surface area (Å²) < 4.78 is 0. The monoisotopic (exact) mass is 264 g/mol. The van der Waals surface area contributed by atoms with Gasteiger partial charge in [0.25, 0.3) is 0 Å². The number of carbonyl (C=O) groups is 2. The number of nitrogens with zero attached hydrogens (tertiary/aromatic N) is 2. The van der Waals surface area contributed by atoms with Gasteiger partial charge in [0.1, 0.15) is 0 Å². The van der Waals surface area contributed by atoms with E-state index in [4.69, 9.17) is 5.11 Å². The SMILES string of the molecule is CN(Cc1cn[nH]c1)C(=O)NC1C=CC(C(=O)O)C1. The van der Waals surface area contributed by atoms with E-state index in [0.717, 1.165) is 5.56 Å². The molecular formula is C12H16N4O3. The molecule has 0 saturated carbocycles. The van der Waals surface area contributed by atoms with Gasteiger partial charge in [-0.05, 0) is 6.42 Å². The summed E-state index contributed by atoms with van der Waals surface area (Å²) >= 11 is 0. The average Bonchev–Trinajstić information content (AvgIpc) is 2.99. The van der Waals surface area contributed by atoms with E-state index in [1.54, 1.807) is 31.6 Å². The molecule has 0 saturated heterocycles. The normalized spacial score (nSPS) is 21.3. The van der Waals surface area contributed by atoms with Crippen LogP contribution in [-0.4, -0.2) is 45.3 Å². The number of aliphatic carboxylic acids is 1. The van der Waals surface area contributed by atoms with Crippen LogP contribution in [0.3, 0.4) is 0 Å². The largest absolute Gasteiger partial charge is 0.481 e. The maximum atomic E-state index is 11.9. The van der Waals surface area contributed by atoms with E-state index in [1.165, 1.54) is 4.90 Å². The van der Waals surface area contributed by atoms with Gasteiger partial charge in [0.05, 0.1) is 24.7 Å². The third-order valence-electron chi connectivity index (χ3n) is 3.03. The van der Waals surface area contributed by atoms with Crippen LogP contribution in [0.1, 0.15) is 12.0 Å². The Morgan fingerprint density at radius 3 is 2.95 bits per heavy atom. The molecular weight excluding hydrogens is 248 g/mol. The highest BCUT2D eigenvalue weighted by atomic mass is 16.4. The lowest BCUT2D eigenvalue weighted by molar-refractivity contribution is -0.140. The fourth-order valence-electron chi connectivity index (χ4n) is 1.97. The quantitative estimate of drug-likeness (QED) is 0.693. The fourth-order valence-corrected chi connectivity index (χ4v) is 1.97. The number of aromatic nitrogens is 2. The summed E-state index contributed by atoms with van der Waals surface area (Å²) in [7, 11) is 1.68. The second-order valence-electron chi connectivity index (χ2n) is 4.58. The van der Waals surface area contributed by atoms with Gasteiger partial charge in [-0.3, -0.25) is 9.89 Å². The van der Waals surface area contributed by atoms with E-state index < -0.39 is 11.9 Å². The number of carboxylic acids is 1. The predicted octanol–water partition coefficient (Wildman–Crippen LogP) is 0.580. The maximum Gasteiger partial charge on any atom is 0.317 e. The first-order valence-electron chi connectivity index (χ1n) is 5.96. The second kappa shape index (κ2) is 5.55. The third-order valence-corrected chi connectivity index (χ3v) is 3.03. The summed E-state index contributed by atoms with van der Waals surface area (Å²) in [6.45, 7) is 0.446. The Labute approximate surface area is 110 Å². The molecule has 2 atom stereocenters. The number of rotatable bonds is 4. The summed E-state index contributed by atoms with van der Waals surface area (Å²) in [6.07, 6.45) is 7.12. The van der Waals surface area contributed by atoms with Crippen molar-refractivity contribution < 1.29 is 14.7 Å². The highest BCUT2D eigenvalue weighted by molar-refractivity contribution is 5.76. The molecule has 0 aliphatic heterocycles. The van der Waals surface area contributed by atoms with E-state index in [2.05, 4.69) is 15.5 Å². The number of hydrogen-bond acceptors (Lipinski definition) is 3. The van der Waals surface area contributed by atoms with E-state index in [1.807, 2.05) is 0 Å². The standard InChI is InChI=1S/C12H16N4O3/c1-16(7-8-5-13-14-6-8)12(19)15-10-3-2-9(4-10)11(17)18/h2-3,5-6,9-10H,4,7H2,1H3,(H,13,14)(H,15,19)(H,17,18). The van der Waals surface area contributed by atoms with Crippen molar-refractivity contribution in [2.45, 2.75) is 19.0 Å². The van der Waals surface area contributed by atoms with Gasteiger partial charge < -0.3 is 15.3 Å². The Kier molecular flexibility index (Phi) is 3.84. The lowest BCUT2D eigenvalue weighted by Gasteiger charge is -2.20. The molecule has 2 amide bonds. The molecule has 1 aromatic rings. The molecule has 1 aliphatic rings. The summed E-state index contributed by atoms with van der Waals surface area (Å²) in [6, 6.07) is -0.456. The van der Waals surface area contributed by atoms with E-state index in [9.17, 15) is 9.59 Å². The lowest BCUT2D eigenvalue weighted by atomic mass is 10.1. The zero-order valence-electron chi connectivity index (χ0n) is 10.5. The molecule has 7 heteroatoms. The van der Waals surface area contributed by atoms with Crippen molar-refractivity contribution in [3.05, 3.63) is 30.1 Å². The molecule has 1 aromatic heterocycles. The van der Waals surface area contributed by atoms with Crippen LogP contribution in [0.15, 0.2) is 24.5 Å². The molecule has 0 radical (unpaired) electrons. The van der Waals surface area contributed by atoms with Crippen LogP contribution >= 0.6 is 0 Å². The van der Waals surface area contributed by atoms with Crippen LogP contribution in [0.2, 0.25) is 0 Å². The van der Waals surface area contributed by atoms with Crippen molar-refractivity contribution >= 4 is 12.0 Å². The van der Waals surface area contributed by atoms with Crippen molar-refractivity contribution in [1.82, 2.24) is 20.4 Å². The minimum Gasteiger partial charge on any atom is -0.481 e. The molecule has 0 aromatic carbocycles. The molecule has 0 fully saturated rings. The first kappa shape index (κ1) is 13.1. The van der Waals surface area contributed by atoms with Crippen LogP contribution in [0.5, 0.6) is 0 Å². The van der Waals surface area contributed by atoms with Gasteiger partial charge in [-0.15, -0.1) is 0 Å². The Morgan fingerprint density at radius 2 is 2.37 bits per heavy atom.